The number of fused-ring (bicyclic) bond motifs is 1. The molecule has 0 saturated heterocycles. The maximum Gasteiger partial charge on any atom is 0.296 e. The van der Waals surface area contributed by atoms with E-state index in [0.29, 0.717) is 27.9 Å². The van der Waals surface area contributed by atoms with E-state index in [4.69, 9.17) is 9.72 Å². The molecule has 0 fully saturated rings. The first-order chi connectivity index (χ1) is 17.0. The number of amides is 1. The number of Topliss-reactive ketones (excluding diaryl/α,β-unsaturated/α-hetero) is 1. The summed E-state index contributed by atoms with van der Waals surface area (Å²) in [5.41, 5.74) is 2.71. The Balaban J connectivity index is 1.61. The Hall–Kier alpha value is -3.49. The molecule has 0 radical (unpaired) electrons. The van der Waals surface area contributed by atoms with E-state index in [1.807, 2.05) is 43.3 Å². The maximum absolute atomic E-state index is 13.5. The number of thiophene rings is 1. The predicted molar refractivity (Wildman–Crippen MR) is 140 cm³/mol. The molecule has 1 aliphatic rings. The first-order valence-electron chi connectivity index (χ1n) is 11.5. The highest BCUT2D eigenvalue weighted by molar-refractivity contribution is 7.22. The van der Waals surface area contributed by atoms with Crippen LogP contribution in [0.25, 0.3) is 10.2 Å². The summed E-state index contributed by atoms with van der Waals surface area (Å²) in [7, 11) is 0. The number of aliphatic hydroxyl groups is 1. The van der Waals surface area contributed by atoms with Gasteiger partial charge in [0, 0.05) is 0 Å². The lowest BCUT2D eigenvalue weighted by molar-refractivity contribution is -0.117. The second-order valence-electron chi connectivity index (χ2n) is 8.22. The van der Waals surface area contributed by atoms with Crippen LogP contribution in [0.4, 0.5) is 5.13 Å². The number of aryl methyl sites for hydroxylation is 1. The molecule has 0 spiro atoms. The van der Waals surface area contributed by atoms with Gasteiger partial charge in [0.2, 0.25) is 5.78 Å². The Morgan fingerprint density at radius 2 is 1.94 bits per heavy atom. The fourth-order valence-electron chi connectivity index (χ4n) is 4.14. The van der Waals surface area contributed by atoms with Crippen LogP contribution in [0.15, 0.2) is 71.3 Å². The predicted octanol–water partition coefficient (Wildman–Crippen LogP) is 6.49. The Bertz CT molecular complexity index is 1420. The van der Waals surface area contributed by atoms with Crippen molar-refractivity contribution in [2.75, 3.05) is 11.5 Å². The van der Waals surface area contributed by atoms with Crippen molar-refractivity contribution in [2.45, 2.75) is 32.7 Å². The lowest BCUT2D eigenvalue weighted by atomic mass is 9.95. The van der Waals surface area contributed by atoms with Crippen molar-refractivity contribution in [1.29, 1.82) is 0 Å². The Morgan fingerprint density at radius 1 is 1.14 bits per heavy atom. The molecule has 5 rings (SSSR count). The summed E-state index contributed by atoms with van der Waals surface area (Å²) >= 11 is 2.65. The van der Waals surface area contributed by atoms with E-state index < -0.39 is 17.7 Å². The number of aromatic nitrogens is 1. The zero-order valence-electron chi connectivity index (χ0n) is 19.4. The highest BCUT2D eigenvalue weighted by Crippen LogP contribution is 2.44. The zero-order valence-corrected chi connectivity index (χ0v) is 21.0. The highest BCUT2D eigenvalue weighted by atomic mass is 32.1. The van der Waals surface area contributed by atoms with Gasteiger partial charge < -0.3 is 9.84 Å². The Labute approximate surface area is 211 Å². The van der Waals surface area contributed by atoms with E-state index in [-0.39, 0.29) is 11.4 Å². The average molecular weight is 505 g/mol. The third-order valence-corrected chi connectivity index (χ3v) is 7.81. The SMILES string of the molecule is CCCOc1ccc(C2C(C(=O)c3cccs3)=C(O)C(=O)N2c2nc3ccc(CC)cc3s2)cc1. The van der Waals surface area contributed by atoms with Crippen LogP contribution < -0.4 is 9.64 Å². The molecule has 8 heteroatoms. The minimum absolute atomic E-state index is 0.0631. The molecule has 0 saturated carbocycles. The number of benzene rings is 2. The fraction of sp³-hybridized carbons (Fsp3) is 0.222. The van der Waals surface area contributed by atoms with Crippen molar-refractivity contribution in [3.05, 3.63) is 87.3 Å². The average Bonchev–Trinajstić information content (AvgIpc) is 3.61. The number of rotatable bonds is 8. The number of aliphatic hydroxyl groups excluding tert-OH is 1. The molecule has 2 aromatic carbocycles. The molecule has 6 nitrogen and oxygen atoms in total. The number of anilines is 1. The summed E-state index contributed by atoms with van der Waals surface area (Å²) in [6.45, 7) is 4.72. The van der Waals surface area contributed by atoms with E-state index in [2.05, 4.69) is 13.0 Å². The van der Waals surface area contributed by atoms with Crippen molar-refractivity contribution >= 4 is 49.7 Å². The van der Waals surface area contributed by atoms with Gasteiger partial charge in [-0.25, -0.2) is 4.98 Å². The molecule has 0 bridgehead atoms. The van der Waals surface area contributed by atoms with Crippen LogP contribution in [0, 0.1) is 0 Å². The summed E-state index contributed by atoms with van der Waals surface area (Å²) < 4.78 is 6.65. The van der Waals surface area contributed by atoms with E-state index >= 15 is 0 Å². The summed E-state index contributed by atoms with van der Waals surface area (Å²) in [4.78, 5) is 33.5. The van der Waals surface area contributed by atoms with Gasteiger partial charge >= 0.3 is 0 Å². The van der Waals surface area contributed by atoms with Gasteiger partial charge in [-0.2, -0.15) is 0 Å². The largest absolute Gasteiger partial charge is 0.503 e. The number of carbonyl (C=O) groups excluding carboxylic acids is 2. The lowest BCUT2D eigenvalue weighted by Crippen LogP contribution is -2.30. The molecule has 35 heavy (non-hydrogen) atoms. The minimum atomic E-state index is -0.802. The van der Waals surface area contributed by atoms with Crippen molar-refractivity contribution in [3.63, 3.8) is 0 Å². The second kappa shape index (κ2) is 9.64. The number of nitrogens with zero attached hydrogens (tertiary/aromatic N) is 2. The molecule has 1 N–H and O–H groups in total. The number of carbonyl (C=O) groups is 2. The smallest absolute Gasteiger partial charge is 0.296 e. The Morgan fingerprint density at radius 3 is 2.63 bits per heavy atom. The fourth-order valence-corrected chi connectivity index (χ4v) is 5.87. The maximum atomic E-state index is 13.5. The normalized spacial score (nSPS) is 15.9. The summed E-state index contributed by atoms with van der Waals surface area (Å²) in [5.74, 6) is -0.818. The first-order valence-corrected chi connectivity index (χ1v) is 13.2. The Kier molecular flexibility index (Phi) is 6.40. The van der Waals surface area contributed by atoms with Gasteiger partial charge in [0.1, 0.15) is 5.75 Å². The molecule has 178 valence electrons. The van der Waals surface area contributed by atoms with Gasteiger partial charge in [-0.1, -0.05) is 49.4 Å². The van der Waals surface area contributed by atoms with Crippen LogP contribution in [-0.2, 0) is 11.2 Å². The van der Waals surface area contributed by atoms with Gasteiger partial charge in [-0.05, 0) is 59.7 Å². The minimum Gasteiger partial charge on any atom is -0.503 e. The molecule has 1 amide bonds. The molecule has 1 aliphatic heterocycles. The third-order valence-electron chi connectivity index (χ3n) is 5.92. The molecule has 0 aliphatic carbocycles. The third kappa shape index (κ3) is 4.24. The van der Waals surface area contributed by atoms with Gasteiger partial charge in [0.05, 0.1) is 33.3 Å². The number of hydrogen-bond donors (Lipinski definition) is 1. The molecule has 4 aromatic rings. The summed E-state index contributed by atoms with van der Waals surface area (Å²) in [6, 6.07) is 16.0. The van der Waals surface area contributed by atoms with Crippen LogP contribution in [0.3, 0.4) is 0 Å². The standard InChI is InChI=1S/C27H24N2O4S2/c1-3-13-33-18-10-8-17(9-11-18)23-22(24(30)20-6-5-14-34-20)25(31)26(32)29(23)27-28-19-12-7-16(4-2)15-21(19)35-27/h5-12,14-15,23,31H,3-4,13H2,1-2H3. The summed E-state index contributed by atoms with van der Waals surface area (Å²) in [5, 5.41) is 13.2. The number of hydrogen-bond acceptors (Lipinski definition) is 7. The van der Waals surface area contributed by atoms with Crippen LogP contribution in [0.1, 0.15) is 47.1 Å². The molecule has 2 aromatic heterocycles. The lowest BCUT2D eigenvalue weighted by Gasteiger charge is -2.24. The second-order valence-corrected chi connectivity index (χ2v) is 10.2. The van der Waals surface area contributed by atoms with E-state index in [1.165, 1.54) is 33.1 Å². The van der Waals surface area contributed by atoms with Crippen LogP contribution >= 0.6 is 22.7 Å². The van der Waals surface area contributed by atoms with Gasteiger partial charge in [0.25, 0.3) is 5.91 Å². The van der Waals surface area contributed by atoms with Crippen molar-refractivity contribution in [3.8, 4) is 5.75 Å². The van der Waals surface area contributed by atoms with E-state index in [9.17, 15) is 14.7 Å². The molecular weight excluding hydrogens is 480 g/mol. The van der Waals surface area contributed by atoms with Gasteiger partial charge in [0.15, 0.2) is 10.9 Å². The first kappa shape index (κ1) is 23.3. The van der Waals surface area contributed by atoms with Gasteiger partial charge in [-0.3, -0.25) is 14.5 Å². The molecular formula is C27H24N2O4S2. The van der Waals surface area contributed by atoms with E-state index in [1.54, 1.807) is 17.5 Å². The van der Waals surface area contributed by atoms with Crippen LogP contribution in [0.2, 0.25) is 0 Å². The van der Waals surface area contributed by atoms with Crippen molar-refractivity contribution in [1.82, 2.24) is 4.98 Å². The van der Waals surface area contributed by atoms with Crippen molar-refractivity contribution < 1.29 is 19.4 Å². The van der Waals surface area contributed by atoms with E-state index in [0.717, 1.165) is 23.1 Å². The topological polar surface area (TPSA) is 79.7 Å². The quantitative estimate of drug-likeness (QED) is 0.277. The van der Waals surface area contributed by atoms with Crippen LogP contribution in [0.5, 0.6) is 5.75 Å². The van der Waals surface area contributed by atoms with Gasteiger partial charge in [-0.15, -0.1) is 11.3 Å². The molecule has 1 atom stereocenters. The zero-order chi connectivity index (χ0) is 24.5. The van der Waals surface area contributed by atoms with Crippen LogP contribution in [-0.4, -0.2) is 28.4 Å². The number of thiazole rings is 1. The monoisotopic (exact) mass is 504 g/mol. The summed E-state index contributed by atoms with van der Waals surface area (Å²) in [6.07, 6.45) is 1.78. The number of ether oxygens (including phenoxy) is 1. The highest BCUT2D eigenvalue weighted by Gasteiger charge is 2.46. The molecule has 3 heterocycles. The number of ketones is 1. The molecule has 1 unspecified atom stereocenters. The van der Waals surface area contributed by atoms with Crippen molar-refractivity contribution in [2.24, 2.45) is 0 Å².